The van der Waals surface area contributed by atoms with Crippen LogP contribution in [0.25, 0.3) is 0 Å². The minimum absolute atomic E-state index is 0.128. The van der Waals surface area contributed by atoms with Gasteiger partial charge in [-0.05, 0) is 34.0 Å². The molecule has 6 heteroatoms. The summed E-state index contributed by atoms with van der Waals surface area (Å²) in [6.07, 6.45) is 2.31. The van der Waals surface area contributed by atoms with Crippen LogP contribution < -0.4 is 5.32 Å². The second-order valence-corrected chi connectivity index (χ2v) is 6.73. The quantitative estimate of drug-likeness (QED) is 0.903. The molecule has 0 unspecified atom stereocenters. The molecule has 2 aromatic rings. The fourth-order valence-electron chi connectivity index (χ4n) is 1.70. The molecule has 1 N–H and O–H groups in total. The number of carbonyl (C=O) groups is 1. The third-order valence-electron chi connectivity index (χ3n) is 2.60. The maximum Gasteiger partial charge on any atom is 0.271 e. The number of amides is 1. The van der Waals surface area contributed by atoms with Gasteiger partial charge in [-0.2, -0.15) is 0 Å². The van der Waals surface area contributed by atoms with E-state index in [0.29, 0.717) is 18.7 Å². The van der Waals surface area contributed by atoms with E-state index in [9.17, 15) is 4.79 Å². The molecule has 4 nitrogen and oxygen atoms in total. The van der Waals surface area contributed by atoms with Crippen LogP contribution in [-0.2, 0) is 6.42 Å². The van der Waals surface area contributed by atoms with Crippen LogP contribution >= 0.6 is 27.3 Å². The number of furan rings is 1. The molecule has 0 spiro atoms. The van der Waals surface area contributed by atoms with Crippen LogP contribution in [0.2, 0.25) is 0 Å². The van der Waals surface area contributed by atoms with Crippen LogP contribution in [0.5, 0.6) is 0 Å². The van der Waals surface area contributed by atoms with Gasteiger partial charge in [0, 0.05) is 17.8 Å². The number of thiazole rings is 1. The van der Waals surface area contributed by atoms with Crippen LogP contribution in [-0.4, -0.2) is 17.4 Å². The van der Waals surface area contributed by atoms with Gasteiger partial charge in [0.25, 0.3) is 5.91 Å². The van der Waals surface area contributed by atoms with Gasteiger partial charge in [-0.15, -0.1) is 11.3 Å². The van der Waals surface area contributed by atoms with Gasteiger partial charge >= 0.3 is 0 Å². The Morgan fingerprint density at radius 3 is 3.00 bits per heavy atom. The lowest BCUT2D eigenvalue weighted by atomic mass is 10.1. The SMILES string of the molecule is CC(C)c1sc(Br)nc1C(=O)NCCc1ccco1. The molecule has 2 rings (SSSR count). The molecule has 19 heavy (non-hydrogen) atoms. The molecule has 0 bridgehead atoms. The van der Waals surface area contributed by atoms with E-state index in [1.807, 2.05) is 12.1 Å². The molecule has 0 aromatic carbocycles. The summed E-state index contributed by atoms with van der Waals surface area (Å²) in [5, 5.41) is 2.87. The highest BCUT2D eigenvalue weighted by Gasteiger charge is 2.19. The van der Waals surface area contributed by atoms with Crippen molar-refractivity contribution in [2.45, 2.75) is 26.2 Å². The van der Waals surface area contributed by atoms with Gasteiger partial charge in [-0.25, -0.2) is 4.98 Å². The van der Waals surface area contributed by atoms with E-state index in [1.54, 1.807) is 6.26 Å². The number of aromatic nitrogens is 1. The fourth-order valence-corrected chi connectivity index (χ4v) is 3.19. The molecule has 0 atom stereocenters. The van der Waals surface area contributed by atoms with Crippen molar-refractivity contribution in [3.8, 4) is 0 Å². The molecule has 0 fully saturated rings. The number of halogens is 1. The maximum absolute atomic E-state index is 12.1. The predicted octanol–water partition coefficient (Wildman–Crippen LogP) is 3.59. The minimum Gasteiger partial charge on any atom is -0.469 e. The first-order valence-corrected chi connectivity index (χ1v) is 7.65. The Morgan fingerprint density at radius 2 is 2.37 bits per heavy atom. The van der Waals surface area contributed by atoms with Crippen molar-refractivity contribution in [3.63, 3.8) is 0 Å². The molecule has 0 aliphatic rings. The maximum atomic E-state index is 12.1. The molecule has 0 saturated heterocycles. The molecule has 1 amide bonds. The third-order valence-corrected chi connectivity index (χ3v) is 4.41. The molecule has 0 saturated carbocycles. The summed E-state index contributed by atoms with van der Waals surface area (Å²) in [5.74, 6) is 1.02. The molecule has 2 aromatic heterocycles. The van der Waals surface area contributed by atoms with E-state index in [1.165, 1.54) is 11.3 Å². The van der Waals surface area contributed by atoms with Gasteiger partial charge in [0.15, 0.2) is 3.92 Å². The molecule has 102 valence electrons. The summed E-state index contributed by atoms with van der Waals surface area (Å²) in [5.41, 5.74) is 0.520. The van der Waals surface area contributed by atoms with E-state index in [-0.39, 0.29) is 11.8 Å². The molecule has 0 aliphatic heterocycles. The highest BCUT2D eigenvalue weighted by atomic mass is 79.9. The van der Waals surface area contributed by atoms with Crippen molar-refractivity contribution in [2.24, 2.45) is 0 Å². The summed E-state index contributed by atoms with van der Waals surface area (Å²) in [6.45, 7) is 4.65. The summed E-state index contributed by atoms with van der Waals surface area (Å²) in [6, 6.07) is 3.73. The van der Waals surface area contributed by atoms with Gasteiger partial charge in [0.05, 0.1) is 6.26 Å². The smallest absolute Gasteiger partial charge is 0.271 e. The van der Waals surface area contributed by atoms with Crippen LogP contribution in [0.4, 0.5) is 0 Å². The standard InChI is InChI=1S/C13H15BrN2O2S/c1-8(2)11-10(16-13(14)19-11)12(17)15-6-5-9-4-3-7-18-9/h3-4,7-8H,5-6H2,1-2H3,(H,15,17). The fraction of sp³-hybridized carbons (Fsp3) is 0.385. The molecule has 0 aliphatic carbocycles. The number of carbonyl (C=O) groups excluding carboxylic acids is 1. The van der Waals surface area contributed by atoms with E-state index in [0.717, 1.165) is 14.6 Å². The first-order chi connectivity index (χ1) is 9.08. The summed E-state index contributed by atoms with van der Waals surface area (Å²) >= 11 is 4.84. The van der Waals surface area contributed by atoms with Gasteiger partial charge in [-0.1, -0.05) is 13.8 Å². The zero-order valence-corrected chi connectivity index (χ0v) is 13.2. The largest absolute Gasteiger partial charge is 0.469 e. The first-order valence-electron chi connectivity index (χ1n) is 6.04. The Kier molecular flexibility index (Phi) is 4.76. The lowest BCUT2D eigenvalue weighted by Crippen LogP contribution is -2.26. The molecular weight excluding hydrogens is 328 g/mol. The zero-order chi connectivity index (χ0) is 13.8. The Balaban J connectivity index is 1.96. The lowest BCUT2D eigenvalue weighted by Gasteiger charge is -2.06. The normalized spacial score (nSPS) is 10.9. The van der Waals surface area contributed by atoms with Gasteiger partial charge < -0.3 is 9.73 Å². The topological polar surface area (TPSA) is 55.1 Å². The van der Waals surface area contributed by atoms with Crippen molar-refractivity contribution < 1.29 is 9.21 Å². The van der Waals surface area contributed by atoms with Crippen LogP contribution in [0.1, 0.15) is 40.9 Å². The summed E-state index contributed by atoms with van der Waals surface area (Å²) in [7, 11) is 0. The highest BCUT2D eigenvalue weighted by molar-refractivity contribution is 9.11. The highest BCUT2D eigenvalue weighted by Crippen LogP contribution is 2.29. The van der Waals surface area contributed by atoms with Crippen molar-refractivity contribution in [2.75, 3.05) is 6.54 Å². The first kappa shape index (κ1) is 14.3. The number of hydrogen-bond donors (Lipinski definition) is 1. The van der Waals surface area contributed by atoms with Crippen molar-refractivity contribution in [3.05, 3.63) is 38.6 Å². The number of rotatable bonds is 5. The second-order valence-electron chi connectivity index (χ2n) is 4.42. The van der Waals surface area contributed by atoms with Crippen LogP contribution in [0.3, 0.4) is 0 Å². The van der Waals surface area contributed by atoms with Gasteiger partial charge in [0.1, 0.15) is 11.5 Å². The monoisotopic (exact) mass is 342 g/mol. The Bertz CT molecular complexity index is 549. The molecular formula is C13H15BrN2O2S. The Hall–Kier alpha value is -1.14. The zero-order valence-electron chi connectivity index (χ0n) is 10.8. The van der Waals surface area contributed by atoms with E-state index < -0.39 is 0 Å². The van der Waals surface area contributed by atoms with E-state index >= 15 is 0 Å². The molecule has 0 radical (unpaired) electrons. The molecule has 2 heterocycles. The van der Waals surface area contributed by atoms with Crippen LogP contribution in [0, 0.1) is 0 Å². The van der Waals surface area contributed by atoms with E-state index in [2.05, 4.69) is 40.1 Å². The Morgan fingerprint density at radius 1 is 1.58 bits per heavy atom. The lowest BCUT2D eigenvalue weighted by molar-refractivity contribution is 0.0948. The van der Waals surface area contributed by atoms with Crippen molar-refractivity contribution in [1.82, 2.24) is 10.3 Å². The second kappa shape index (κ2) is 6.34. The van der Waals surface area contributed by atoms with E-state index in [4.69, 9.17) is 4.42 Å². The predicted molar refractivity (Wildman–Crippen MR) is 78.6 cm³/mol. The summed E-state index contributed by atoms with van der Waals surface area (Å²) < 4.78 is 5.96. The number of nitrogens with zero attached hydrogens (tertiary/aromatic N) is 1. The van der Waals surface area contributed by atoms with Crippen LogP contribution in [0.15, 0.2) is 26.7 Å². The third kappa shape index (κ3) is 3.67. The average Bonchev–Trinajstić information content (AvgIpc) is 2.98. The van der Waals surface area contributed by atoms with Crippen molar-refractivity contribution in [1.29, 1.82) is 0 Å². The Labute approximate surface area is 124 Å². The van der Waals surface area contributed by atoms with Gasteiger partial charge in [-0.3, -0.25) is 4.79 Å². The summed E-state index contributed by atoms with van der Waals surface area (Å²) in [4.78, 5) is 17.3. The van der Waals surface area contributed by atoms with Gasteiger partial charge in [0.2, 0.25) is 0 Å². The average molecular weight is 343 g/mol. The number of nitrogens with one attached hydrogen (secondary N) is 1. The van der Waals surface area contributed by atoms with Crippen molar-refractivity contribution >= 4 is 33.2 Å². The minimum atomic E-state index is -0.128. The number of hydrogen-bond acceptors (Lipinski definition) is 4.